The Labute approximate surface area is 90.1 Å². The van der Waals surface area contributed by atoms with Crippen molar-refractivity contribution in [3.8, 4) is 0 Å². The third-order valence-corrected chi connectivity index (χ3v) is 2.09. The molecule has 0 aliphatic heterocycles. The van der Waals surface area contributed by atoms with Gasteiger partial charge in [0.2, 0.25) is 0 Å². The van der Waals surface area contributed by atoms with Crippen LogP contribution < -0.4 is 10.9 Å². The van der Waals surface area contributed by atoms with Gasteiger partial charge < -0.3 is 10.3 Å². The second-order valence-electron chi connectivity index (χ2n) is 3.95. The SMILES string of the molecule is CCCNCc1cc(=O)[nH]c(C(C)C)n1. The third kappa shape index (κ3) is 3.83. The molecule has 1 aromatic rings. The lowest BCUT2D eigenvalue weighted by atomic mass is 10.2. The molecule has 0 saturated heterocycles. The third-order valence-electron chi connectivity index (χ3n) is 2.09. The zero-order chi connectivity index (χ0) is 11.3. The van der Waals surface area contributed by atoms with Crippen molar-refractivity contribution in [2.24, 2.45) is 0 Å². The maximum absolute atomic E-state index is 11.3. The van der Waals surface area contributed by atoms with Crippen molar-refractivity contribution in [2.75, 3.05) is 6.54 Å². The second-order valence-corrected chi connectivity index (χ2v) is 3.95. The Morgan fingerprint density at radius 3 is 2.87 bits per heavy atom. The molecule has 0 aromatic carbocycles. The maximum Gasteiger partial charge on any atom is 0.251 e. The summed E-state index contributed by atoms with van der Waals surface area (Å²) in [7, 11) is 0. The summed E-state index contributed by atoms with van der Waals surface area (Å²) in [6, 6.07) is 1.55. The van der Waals surface area contributed by atoms with E-state index < -0.39 is 0 Å². The van der Waals surface area contributed by atoms with Crippen LogP contribution in [0.15, 0.2) is 10.9 Å². The molecule has 0 atom stereocenters. The van der Waals surface area contributed by atoms with E-state index in [1.54, 1.807) is 6.07 Å². The number of aromatic amines is 1. The van der Waals surface area contributed by atoms with Gasteiger partial charge in [-0.2, -0.15) is 0 Å². The number of hydrogen-bond donors (Lipinski definition) is 2. The van der Waals surface area contributed by atoms with Gasteiger partial charge in [0.25, 0.3) is 5.56 Å². The fraction of sp³-hybridized carbons (Fsp3) is 0.636. The summed E-state index contributed by atoms with van der Waals surface area (Å²) in [6.07, 6.45) is 1.08. The molecule has 0 saturated carbocycles. The first kappa shape index (κ1) is 11.9. The van der Waals surface area contributed by atoms with Crippen LogP contribution >= 0.6 is 0 Å². The van der Waals surface area contributed by atoms with Crippen molar-refractivity contribution < 1.29 is 0 Å². The van der Waals surface area contributed by atoms with Gasteiger partial charge in [-0.25, -0.2) is 4.98 Å². The molecule has 4 heteroatoms. The minimum atomic E-state index is -0.0676. The largest absolute Gasteiger partial charge is 0.311 e. The Hall–Kier alpha value is -1.16. The topological polar surface area (TPSA) is 57.8 Å². The molecule has 1 aromatic heterocycles. The molecule has 0 unspecified atom stereocenters. The Kier molecular flexibility index (Phi) is 4.49. The van der Waals surface area contributed by atoms with Gasteiger partial charge in [-0.15, -0.1) is 0 Å². The van der Waals surface area contributed by atoms with Gasteiger partial charge in [-0.3, -0.25) is 4.79 Å². The van der Waals surface area contributed by atoms with E-state index in [1.165, 1.54) is 0 Å². The summed E-state index contributed by atoms with van der Waals surface area (Å²) in [5.41, 5.74) is 0.748. The van der Waals surface area contributed by atoms with Gasteiger partial charge in [0.1, 0.15) is 5.82 Å². The van der Waals surface area contributed by atoms with Gasteiger partial charge in [0, 0.05) is 18.5 Å². The van der Waals surface area contributed by atoms with E-state index in [0.29, 0.717) is 6.54 Å². The molecule has 0 radical (unpaired) electrons. The molecule has 4 nitrogen and oxygen atoms in total. The molecule has 2 N–H and O–H groups in total. The average Bonchev–Trinajstić information content (AvgIpc) is 2.17. The number of hydrogen-bond acceptors (Lipinski definition) is 3. The zero-order valence-electron chi connectivity index (χ0n) is 9.63. The van der Waals surface area contributed by atoms with Crippen LogP contribution in [0.25, 0.3) is 0 Å². The fourth-order valence-corrected chi connectivity index (χ4v) is 1.29. The van der Waals surface area contributed by atoms with E-state index in [0.717, 1.165) is 24.5 Å². The molecule has 1 rings (SSSR count). The maximum atomic E-state index is 11.3. The van der Waals surface area contributed by atoms with Crippen molar-refractivity contribution in [3.05, 3.63) is 27.9 Å². The molecule has 84 valence electrons. The molecule has 0 spiro atoms. The number of nitrogens with zero attached hydrogens (tertiary/aromatic N) is 1. The van der Waals surface area contributed by atoms with Crippen LogP contribution in [0.3, 0.4) is 0 Å². The Morgan fingerprint density at radius 1 is 1.53 bits per heavy atom. The van der Waals surface area contributed by atoms with Gasteiger partial charge in [0.15, 0.2) is 0 Å². The van der Waals surface area contributed by atoms with Crippen LogP contribution in [0.1, 0.15) is 44.6 Å². The Bertz CT molecular complexity index is 357. The van der Waals surface area contributed by atoms with E-state index in [2.05, 4.69) is 22.2 Å². The fourth-order valence-electron chi connectivity index (χ4n) is 1.29. The lowest BCUT2D eigenvalue weighted by Gasteiger charge is -2.07. The van der Waals surface area contributed by atoms with E-state index in [-0.39, 0.29) is 11.5 Å². The predicted molar refractivity (Wildman–Crippen MR) is 60.9 cm³/mol. The van der Waals surface area contributed by atoms with Gasteiger partial charge >= 0.3 is 0 Å². The number of rotatable bonds is 5. The van der Waals surface area contributed by atoms with E-state index >= 15 is 0 Å². The first-order valence-corrected chi connectivity index (χ1v) is 5.44. The van der Waals surface area contributed by atoms with Crippen LogP contribution in [0.4, 0.5) is 0 Å². The zero-order valence-corrected chi connectivity index (χ0v) is 9.63. The molecule has 0 amide bonds. The molecule has 0 bridgehead atoms. The molecule has 1 heterocycles. The summed E-state index contributed by atoms with van der Waals surface area (Å²) in [6.45, 7) is 7.75. The molecular weight excluding hydrogens is 190 g/mol. The Balaban J connectivity index is 2.75. The monoisotopic (exact) mass is 209 g/mol. The van der Waals surface area contributed by atoms with Gasteiger partial charge in [0.05, 0.1) is 5.69 Å². The van der Waals surface area contributed by atoms with Crippen LogP contribution in [0.2, 0.25) is 0 Å². The highest BCUT2D eigenvalue weighted by Gasteiger charge is 2.04. The van der Waals surface area contributed by atoms with Gasteiger partial charge in [-0.05, 0) is 13.0 Å². The molecule has 0 aliphatic carbocycles. The summed E-state index contributed by atoms with van der Waals surface area (Å²) < 4.78 is 0. The van der Waals surface area contributed by atoms with Crippen molar-refractivity contribution in [3.63, 3.8) is 0 Å². The number of H-pyrrole nitrogens is 1. The molecule has 15 heavy (non-hydrogen) atoms. The lowest BCUT2D eigenvalue weighted by molar-refractivity contribution is 0.650. The molecular formula is C11H19N3O. The molecule has 0 aliphatic rings. The predicted octanol–water partition coefficient (Wildman–Crippen LogP) is 1.39. The van der Waals surface area contributed by atoms with Crippen LogP contribution in [0.5, 0.6) is 0 Å². The summed E-state index contributed by atoms with van der Waals surface area (Å²) in [4.78, 5) is 18.5. The highest BCUT2D eigenvalue weighted by atomic mass is 16.1. The first-order chi connectivity index (χ1) is 7.13. The van der Waals surface area contributed by atoms with Gasteiger partial charge in [-0.1, -0.05) is 20.8 Å². The summed E-state index contributed by atoms with van der Waals surface area (Å²) >= 11 is 0. The first-order valence-electron chi connectivity index (χ1n) is 5.44. The van der Waals surface area contributed by atoms with Crippen LogP contribution in [-0.4, -0.2) is 16.5 Å². The standard InChI is InChI=1S/C11H19N3O/c1-4-5-12-7-9-6-10(15)14-11(13-9)8(2)3/h6,8,12H,4-5,7H2,1-3H3,(H,13,14,15). The van der Waals surface area contributed by atoms with Crippen molar-refractivity contribution in [2.45, 2.75) is 39.7 Å². The second kappa shape index (κ2) is 5.66. The molecule has 0 fully saturated rings. The smallest absolute Gasteiger partial charge is 0.251 e. The summed E-state index contributed by atoms with van der Waals surface area (Å²) in [5, 5.41) is 3.23. The highest BCUT2D eigenvalue weighted by molar-refractivity contribution is 5.04. The van der Waals surface area contributed by atoms with E-state index in [1.807, 2.05) is 13.8 Å². The number of nitrogens with one attached hydrogen (secondary N) is 2. The van der Waals surface area contributed by atoms with E-state index in [4.69, 9.17) is 0 Å². The minimum absolute atomic E-state index is 0.0676. The summed E-state index contributed by atoms with van der Waals surface area (Å²) in [5.74, 6) is 1.01. The highest BCUT2D eigenvalue weighted by Crippen LogP contribution is 2.06. The van der Waals surface area contributed by atoms with Crippen molar-refractivity contribution >= 4 is 0 Å². The normalized spacial score (nSPS) is 10.9. The van der Waals surface area contributed by atoms with Crippen LogP contribution in [0, 0.1) is 0 Å². The minimum Gasteiger partial charge on any atom is -0.311 e. The average molecular weight is 209 g/mol. The Morgan fingerprint density at radius 2 is 2.27 bits per heavy atom. The lowest BCUT2D eigenvalue weighted by Crippen LogP contribution is -2.19. The van der Waals surface area contributed by atoms with E-state index in [9.17, 15) is 4.79 Å². The quantitative estimate of drug-likeness (QED) is 0.720. The number of aromatic nitrogens is 2. The van der Waals surface area contributed by atoms with Crippen molar-refractivity contribution in [1.82, 2.24) is 15.3 Å². The van der Waals surface area contributed by atoms with Crippen LogP contribution in [-0.2, 0) is 6.54 Å². The van der Waals surface area contributed by atoms with Crippen molar-refractivity contribution in [1.29, 1.82) is 0 Å².